The smallest absolute Gasteiger partial charge is 0.119 e. The molecular weight excluding hydrogens is 304 g/mol. The van der Waals surface area contributed by atoms with Crippen LogP contribution in [0.15, 0.2) is 24.3 Å². The summed E-state index contributed by atoms with van der Waals surface area (Å²) in [7, 11) is -3.28. The first-order chi connectivity index (χ1) is 10.1. The lowest BCUT2D eigenvalue weighted by Gasteiger charge is -2.45. The lowest BCUT2D eigenvalue weighted by atomic mass is 10.0. The number of hydrogen-bond acceptors (Lipinski definition) is 2. The molecule has 1 aliphatic rings. The van der Waals surface area contributed by atoms with E-state index < -0.39 is 15.2 Å². The topological polar surface area (TPSA) is 40.5 Å². The van der Waals surface area contributed by atoms with Gasteiger partial charge in [-0.05, 0) is 48.2 Å². The van der Waals surface area contributed by atoms with E-state index in [9.17, 15) is 10.2 Å². The molecule has 0 bridgehead atoms. The van der Waals surface area contributed by atoms with Crippen molar-refractivity contribution >= 4 is 25.6 Å². The molecule has 0 aromatic heterocycles. The van der Waals surface area contributed by atoms with Gasteiger partial charge in [0, 0.05) is 0 Å². The molecule has 4 heteroatoms. The standard InChI is InChI=1S/C18H24O2Si2/c1-11-7-17-13(9-15(11)19)14-10-16(20)12(2)8-18(14)22(5,6)21(17,3)4/h7-10,19-20H,1-6H3. The summed E-state index contributed by atoms with van der Waals surface area (Å²) in [5.41, 5.74) is 4.14. The van der Waals surface area contributed by atoms with Gasteiger partial charge in [-0.1, -0.05) is 48.7 Å². The minimum Gasteiger partial charge on any atom is -0.508 e. The number of aryl methyl sites for hydroxylation is 2. The molecule has 116 valence electrons. The van der Waals surface area contributed by atoms with Gasteiger partial charge >= 0.3 is 0 Å². The van der Waals surface area contributed by atoms with Crippen LogP contribution < -0.4 is 10.4 Å². The molecular formula is C18H24O2Si2. The first-order valence-corrected chi connectivity index (χ1v) is 14.8. The van der Waals surface area contributed by atoms with Gasteiger partial charge in [-0.25, -0.2) is 0 Å². The highest BCUT2D eigenvalue weighted by Gasteiger charge is 2.49. The number of phenolic OH excluding ortho intramolecular Hbond substituents is 2. The molecule has 0 atom stereocenters. The van der Waals surface area contributed by atoms with Crippen molar-refractivity contribution in [3.8, 4) is 22.6 Å². The van der Waals surface area contributed by atoms with Crippen molar-refractivity contribution in [1.29, 1.82) is 0 Å². The van der Waals surface area contributed by atoms with E-state index in [0.717, 1.165) is 22.3 Å². The molecule has 0 aliphatic carbocycles. The number of phenols is 2. The first kappa shape index (κ1) is 15.4. The molecule has 0 saturated heterocycles. The predicted octanol–water partition coefficient (Wildman–Crippen LogP) is 3.30. The summed E-state index contributed by atoms with van der Waals surface area (Å²) >= 11 is 0. The third kappa shape index (κ3) is 1.83. The van der Waals surface area contributed by atoms with E-state index in [2.05, 4.69) is 38.3 Å². The van der Waals surface area contributed by atoms with Crippen LogP contribution in [-0.4, -0.2) is 25.4 Å². The highest BCUT2D eigenvalue weighted by molar-refractivity contribution is 7.50. The minimum absolute atomic E-state index is 0.343. The molecule has 0 radical (unpaired) electrons. The normalized spacial score (nSPS) is 17.7. The maximum atomic E-state index is 10.2. The fourth-order valence-corrected chi connectivity index (χ4v) is 13.1. The molecule has 2 aromatic carbocycles. The van der Waals surface area contributed by atoms with Gasteiger partial charge in [-0.2, -0.15) is 0 Å². The molecule has 0 unspecified atom stereocenters. The lowest BCUT2D eigenvalue weighted by Crippen LogP contribution is -2.72. The number of hydrogen-bond donors (Lipinski definition) is 2. The van der Waals surface area contributed by atoms with E-state index in [0.29, 0.717) is 11.5 Å². The lowest BCUT2D eigenvalue weighted by molar-refractivity contribution is 0.470. The summed E-state index contributed by atoms with van der Waals surface area (Å²) in [5.74, 6) is 0.687. The van der Waals surface area contributed by atoms with Gasteiger partial charge < -0.3 is 10.2 Å². The van der Waals surface area contributed by atoms with Crippen molar-refractivity contribution in [2.24, 2.45) is 0 Å². The molecule has 1 heterocycles. The fraction of sp³-hybridized carbons (Fsp3) is 0.333. The van der Waals surface area contributed by atoms with E-state index >= 15 is 0 Å². The average Bonchev–Trinajstić information content (AvgIpc) is 2.42. The van der Waals surface area contributed by atoms with Crippen LogP contribution in [0.2, 0.25) is 26.2 Å². The van der Waals surface area contributed by atoms with Crippen molar-refractivity contribution in [2.75, 3.05) is 0 Å². The second-order valence-electron chi connectivity index (χ2n) is 7.62. The minimum atomic E-state index is -1.64. The van der Waals surface area contributed by atoms with Crippen LogP contribution in [0, 0.1) is 13.8 Å². The molecule has 3 rings (SSSR count). The van der Waals surface area contributed by atoms with Crippen LogP contribution in [0.1, 0.15) is 11.1 Å². The Balaban J connectivity index is 2.47. The van der Waals surface area contributed by atoms with Crippen molar-refractivity contribution in [3.05, 3.63) is 35.4 Å². The van der Waals surface area contributed by atoms with Crippen LogP contribution in [0.5, 0.6) is 11.5 Å². The summed E-state index contributed by atoms with van der Waals surface area (Å²) < 4.78 is 0. The second-order valence-corrected chi connectivity index (χ2v) is 22.7. The monoisotopic (exact) mass is 328 g/mol. The van der Waals surface area contributed by atoms with Crippen LogP contribution in [-0.2, 0) is 0 Å². The summed E-state index contributed by atoms with van der Waals surface area (Å²) in [4.78, 5) is 0. The largest absolute Gasteiger partial charge is 0.508 e. The van der Waals surface area contributed by atoms with Crippen LogP contribution in [0.3, 0.4) is 0 Å². The van der Waals surface area contributed by atoms with Crippen molar-refractivity contribution < 1.29 is 10.2 Å². The Hall–Kier alpha value is -1.53. The molecule has 22 heavy (non-hydrogen) atoms. The fourth-order valence-electron chi connectivity index (χ4n) is 3.55. The van der Waals surface area contributed by atoms with Crippen molar-refractivity contribution in [2.45, 2.75) is 40.0 Å². The van der Waals surface area contributed by atoms with Crippen molar-refractivity contribution in [1.82, 2.24) is 0 Å². The zero-order valence-corrected chi connectivity index (χ0v) is 16.2. The molecule has 0 amide bonds. The third-order valence-corrected chi connectivity index (χ3v) is 23.5. The van der Waals surface area contributed by atoms with E-state index in [1.807, 2.05) is 26.0 Å². The second kappa shape index (κ2) is 4.49. The van der Waals surface area contributed by atoms with E-state index in [4.69, 9.17) is 0 Å². The molecule has 2 nitrogen and oxygen atoms in total. The number of benzene rings is 2. The van der Waals surface area contributed by atoms with Crippen LogP contribution in [0.25, 0.3) is 11.1 Å². The quantitative estimate of drug-likeness (QED) is 0.729. The maximum Gasteiger partial charge on any atom is 0.119 e. The maximum absolute atomic E-state index is 10.2. The Morgan fingerprint density at radius 2 is 0.955 bits per heavy atom. The molecule has 0 saturated carbocycles. The van der Waals surface area contributed by atoms with E-state index in [-0.39, 0.29) is 0 Å². The van der Waals surface area contributed by atoms with Crippen LogP contribution in [0.4, 0.5) is 0 Å². The number of rotatable bonds is 0. The molecule has 2 aromatic rings. The molecule has 1 aliphatic heterocycles. The Morgan fingerprint density at radius 3 is 1.27 bits per heavy atom. The van der Waals surface area contributed by atoms with Crippen LogP contribution >= 0.6 is 0 Å². The Kier molecular flexibility index (Phi) is 3.14. The summed E-state index contributed by atoms with van der Waals surface area (Å²) in [6.45, 7) is 13.8. The zero-order chi connectivity index (χ0) is 16.4. The van der Waals surface area contributed by atoms with Crippen molar-refractivity contribution in [3.63, 3.8) is 0 Å². The Labute approximate surface area is 134 Å². The van der Waals surface area contributed by atoms with Gasteiger partial charge in [0.25, 0.3) is 0 Å². The van der Waals surface area contributed by atoms with E-state index in [1.165, 1.54) is 10.4 Å². The summed E-state index contributed by atoms with van der Waals surface area (Å²) in [5, 5.41) is 23.2. The predicted molar refractivity (Wildman–Crippen MR) is 98.9 cm³/mol. The number of aromatic hydroxyl groups is 2. The average molecular weight is 329 g/mol. The Morgan fingerprint density at radius 1 is 0.636 bits per heavy atom. The highest BCUT2D eigenvalue weighted by Crippen LogP contribution is 2.37. The summed E-state index contributed by atoms with van der Waals surface area (Å²) in [6.07, 6.45) is 0. The molecule has 2 N–H and O–H groups in total. The van der Waals surface area contributed by atoms with Gasteiger partial charge in [0.1, 0.15) is 11.5 Å². The Bertz CT molecular complexity index is 725. The zero-order valence-electron chi connectivity index (χ0n) is 14.2. The summed E-state index contributed by atoms with van der Waals surface area (Å²) in [6, 6.07) is 8.17. The molecule has 0 spiro atoms. The number of fused-ring (bicyclic) bond motifs is 3. The molecule has 0 fully saturated rings. The highest BCUT2D eigenvalue weighted by atomic mass is 29.3. The first-order valence-electron chi connectivity index (χ1n) is 7.76. The van der Waals surface area contributed by atoms with Gasteiger partial charge in [0.2, 0.25) is 0 Å². The van der Waals surface area contributed by atoms with Gasteiger partial charge in [0.05, 0.1) is 15.2 Å². The van der Waals surface area contributed by atoms with E-state index in [1.54, 1.807) is 0 Å². The van der Waals surface area contributed by atoms with Gasteiger partial charge in [-0.15, -0.1) is 0 Å². The van der Waals surface area contributed by atoms with Gasteiger partial charge in [-0.3, -0.25) is 0 Å². The van der Waals surface area contributed by atoms with Gasteiger partial charge in [0.15, 0.2) is 0 Å². The SMILES string of the molecule is Cc1cc2c(cc1O)-c1cc(O)c(C)cc1[Si](C)(C)[Si]2(C)C. The third-order valence-electron chi connectivity index (χ3n) is 5.87.